The molecule has 1 amide bonds. The predicted molar refractivity (Wildman–Crippen MR) is 114 cm³/mol. The Balaban J connectivity index is 1.65. The monoisotopic (exact) mass is 397 g/mol. The van der Waals surface area contributed by atoms with Gasteiger partial charge < -0.3 is 19.5 Å². The van der Waals surface area contributed by atoms with Crippen LogP contribution in [0.15, 0.2) is 42.5 Å². The van der Waals surface area contributed by atoms with Gasteiger partial charge in [0.2, 0.25) is 5.91 Å². The van der Waals surface area contributed by atoms with E-state index in [1.54, 1.807) is 14.2 Å². The van der Waals surface area contributed by atoms with Crippen molar-refractivity contribution in [2.45, 2.75) is 44.4 Å². The molecule has 2 aromatic rings. The lowest BCUT2D eigenvalue weighted by Crippen LogP contribution is -2.39. The molecule has 0 atom stereocenters. The summed E-state index contributed by atoms with van der Waals surface area (Å²) in [6, 6.07) is 14.0. The minimum absolute atomic E-state index is 0.0119. The molecule has 1 saturated carbocycles. The Hall–Kier alpha value is -2.69. The average molecular weight is 398 g/mol. The van der Waals surface area contributed by atoms with Gasteiger partial charge in [-0.25, -0.2) is 0 Å². The number of nitrogens with one attached hydrogen (secondary N) is 1. The smallest absolute Gasteiger partial charge is 0.224 e. The molecule has 156 valence electrons. The van der Waals surface area contributed by atoms with Gasteiger partial charge >= 0.3 is 0 Å². The Morgan fingerprint density at radius 3 is 2.31 bits per heavy atom. The van der Waals surface area contributed by atoms with Gasteiger partial charge in [-0.3, -0.25) is 4.79 Å². The zero-order valence-corrected chi connectivity index (χ0v) is 17.6. The molecule has 0 aromatic heterocycles. The fourth-order valence-corrected chi connectivity index (χ4v) is 4.20. The van der Waals surface area contributed by atoms with Crippen molar-refractivity contribution < 1.29 is 19.0 Å². The lowest BCUT2D eigenvalue weighted by atomic mass is 9.78. The molecule has 5 heteroatoms. The summed E-state index contributed by atoms with van der Waals surface area (Å²) in [6.07, 6.45) is 4.90. The molecule has 0 saturated heterocycles. The fraction of sp³-hybridized carbons (Fsp3) is 0.458. The lowest BCUT2D eigenvalue weighted by molar-refractivity contribution is -0.120. The number of amides is 1. The van der Waals surface area contributed by atoms with E-state index < -0.39 is 0 Å². The summed E-state index contributed by atoms with van der Waals surface area (Å²) < 4.78 is 16.2. The Kier molecular flexibility index (Phi) is 7.02. The van der Waals surface area contributed by atoms with E-state index in [-0.39, 0.29) is 11.3 Å². The number of benzene rings is 2. The summed E-state index contributed by atoms with van der Waals surface area (Å²) >= 11 is 0. The summed E-state index contributed by atoms with van der Waals surface area (Å²) in [4.78, 5) is 12.6. The maximum atomic E-state index is 12.6. The summed E-state index contributed by atoms with van der Waals surface area (Å²) in [5.41, 5.74) is 2.20. The fourth-order valence-electron chi connectivity index (χ4n) is 4.20. The number of ether oxygens (including phenoxy) is 3. The molecule has 1 aliphatic carbocycles. The predicted octanol–water partition coefficient (Wildman–Crippen LogP) is 4.27. The molecule has 0 bridgehead atoms. The Morgan fingerprint density at radius 2 is 1.69 bits per heavy atom. The highest BCUT2D eigenvalue weighted by molar-refractivity contribution is 5.79. The van der Waals surface area contributed by atoms with Gasteiger partial charge in [0.1, 0.15) is 5.75 Å². The minimum atomic E-state index is 0.0119. The molecule has 0 radical (unpaired) electrons. The van der Waals surface area contributed by atoms with Gasteiger partial charge in [0, 0.05) is 12.0 Å². The molecule has 0 aliphatic heterocycles. The topological polar surface area (TPSA) is 56.8 Å². The van der Waals surface area contributed by atoms with Gasteiger partial charge in [0.05, 0.1) is 27.2 Å². The Morgan fingerprint density at radius 1 is 1.00 bits per heavy atom. The van der Waals surface area contributed by atoms with Crippen LogP contribution in [0.3, 0.4) is 0 Å². The quantitative estimate of drug-likeness (QED) is 0.686. The third-order valence-corrected chi connectivity index (χ3v) is 5.77. The number of carbonyl (C=O) groups is 1. The van der Waals surface area contributed by atoms with E-state index in [1.807, 2.05) is 37.3 Å². The lowest BCUT2D eigenvalue weighted by Gasteiger charge is -2.30. The number of hydrogen-bond acceptors (Lipinski definition) is 4. The van der Waals surface area contributed by atoms with Crippen LogP contribution in [0.2, 0.25) is 0 Å². The summed E-state index contributed by atoms with van der Waals surface area (Å²) in [6.45, 7) is 3.31. The first-order chi connectivity index (χ1) is 14.1. The molecule has 1 aliphatic rings. The maximum absolute atomic E-state index is 12.6. The van der Waals surface area contributed by atoms with E-state index in [0.29, 0.717) is 31.1 Å². The molecule has 0 unspecified atom stereocenters. The molecule has 0 spiro atoms. The van der Waals surface area contributed by atoms with Crippen LogP contribution in [0.25, 0.3) is 0 Å². The van der Waals surface area contributed by atoms with Crippen LogP contribution in [-0.2, 0) is 16.6 Å². The highest BCUT2D eigenvalue weighted by Gasteiger charge is 2.35. The molecule has 3 rings (SSSR count). The highest BCUT2D eigenvalue weighted by atomic mass is 16.5. The first kappa shape index (κ1) is 21.0. The third kappa shape index (κ3) is 5.03. The molecule has 5 nitrogen and oxygen atoms in total. The van der Waals surface area contributed by atoms with E-state index in [1.165, 1.54) is 18.4 Å². The van der Waals surface area contributed by atoms with Crippen LogP contribution < -0.4 is 19.5 Å². The van der Waals surface area contributed by atoms with Crippen molar-refractivity contribution in [3.8, 4) is 17.2 Å². The molecule has 1 N–H and O–H groups in total. The van der Waals surface area contributed by atoms with E-state index in [4.69, 9.17) is 14.2 Å². The second-order valence-electron chi connectivity index (χ2n) is 7.59. The molecule has 1 fully saturated rings. The van der Waals surface area contributed by atoms with E-state index in [9.17, 15) is 4.79 Å². The van der Waals surface area contributed by atoms with Crippen LogP contribution in [0.5, 0.6) is 17.2 Å². The van der Waals surface area contributed by atoms with Gasteiger partial charge in [-0.05, 0) is 55.2 Å². The molecule has 2 aromatic carbocycles. The number of rotatable bonds is 9. The largest absolute Gasteiger partial charge is 0.494 e. The second kappa shape index (κ2) is 9.68. The number of hydrogen-bond donors (Lipinski definition) is 1. The SMILES string of the molecule is CCOc1ccc(C2(CNC(=O)Cc3ccc(OC)c(OC)c3)CCCC2)cc1. The Bertz CT molecular complexity index is 810. The van der Waals surface area contributed by atoms with Crippen LogP contribution in [0.1, 0.15) is 43.7 Å². The number of methoxy groups -OCH3 is 2. The van der Waals surface area contributed by atoms with Crippen LogP contribution >= 0.6 is 0 Å². The third-order valence-electron chi connectivity index (χ3n) is 5.77. The average Bonchev–Trinajstić information content (AvgIpc) is 3.23. The summed E-state index contributed by atoms with van der Waals surface area (Å²) in [5.74, 6) is 2.22. The van der Waals surface area contributed by atoms with E-state index >= 15 is 0 Å². The first-order valence-electron chi connectivity index (χ1n) is 10.3. The summed E-state index contributed by atoms with van der Waals surface area (Å²) in [5, 5.41) is 3.18. The minimum Gasteiger partial charge on any atom is -0.494 e. The van der Waals surface area contributed by atoms with Crippen LogP contribution in [0.4, 0.5) is 0 Å². The normalized spacial score (nSPS) is 15.0. The Labute approximate surface area is 173 Å². The molecular weight excluding hydrogens is 366 g/mol. The van der Waals surface area contributed by atoms with E-state index in [0.717, 1.165) is 24.2 Å². The van der Waals surface area contributed by atoms with Gasteiger partial charge in [0.15, 0.2) is 11.5 Å². The van der Waals surface area contributed by atoms with Crippen molar-refractivity contribution in [1.29, 1.82) is 0 Å². The van der Waals surface area contributed by atoms with Crippen molar-refractivity contribution >= 4 is 5.91 Å². The zero-order chi connectivity index (χ0) is 20.7. The summed E-state index contributed by atoms with van der Waals surface area (Å²) in [7, 11) is 3.20. The first-order valence-corrected chi connectivity index (χ1v) is 10.3. The maximum Gasteiger partial charge on any atom is 0.224 e. The van der Waals surface area contributed by atoms with Gasteiger partial charge in [-0.2, -0.15) is 0 Å². The van der Waals surface area contributed by atoms with E-state index in [2.05, 4.69) is 17.4 Å². The van der Waals surface area contributed by atoms with Crippen molar-refractivity contribution in [1.82, 2.24) is 5.32 Å². The standard InChI is InChI=1S/C24H31NO4/c1-4-29-20-10-8-19(9-11-20)24(13-5-6-14-24)17-25-23(26)16-18-7-12-21(27-2)22(15-18)28-3/h7-12,15H,4-6,13-14,16-17H2,1-3H3,(H,25,26). The molecular formula is C24H31NO4. The van der Waals surface area contributed by atoms with Crippen molar-refractivity contribution in [2.24, 2.45) is 0 Å². The van der Waals surface area contributed by atoms with Crippen molar-refractivity contribution in [3.05, 3.63) is 53.6 Å². The second-order valence-corrected chi connectivity index (χ2v) is 7.59. The van der Waals surface area contributed by atoms with Gasteiger partial charge in [0.25, 0.3) is 0 Å². The van der Waals surface area contributed by atoms with Crippen LogP contribution in [0, 0.1) is 0 Å². The van der Waals surface area contributed by atoms with Crippen molar-refractivity contribution in [3.63, 3.8) is 0 Å². The number of carbonyl (C=O) groups excluding carboxylic acids is 1. The highest BCUT2D eigenvalue weighted by Crippen LogP contribution is 2.41. The van der Waals surface area contributed by atoms with Gasteiger partial charge in [-0.15, -0.1) is 0 Å². The van der Waals surface area contributed by atoms with Gasteiger partial charge in [-0.1, -0.05) is 31.0 Å². The van der Waals surface area contributed by atoms with Crippen LogP contribution in [-0.4, -0.2) is 33.3 Å². The zero-order valence-electron chi connectivity index (χ0n) is 17.6. The van der Waals surface area contributed by atoms with Crippen molar-refractivity contribution in [2.75, 3.05) is 27.4 Å². The molecule has 29 heavy (non-hydrogen) atoms. The molecule has 0 heterocycles.